The number of aryl methyl sites for hydroxylation is 1. The number of amides is 1. The Hall–Kier alpha value is -3.50. The molecule has 0 bridgehead atoms. The van der Waals surface area contributed by atoms with Crippen molar-refractivity contribution in [2.75, 3.05) is 6.61 Å². The van der Waals surface area contributed by atoms with Crippen LogP contribution in [0.15, 0.2) is 36.4 Å². The molecule has 0 saturated carbocycles. The Morgan fingerprint density at radius 2 is 1.92 bits per heavy atom. The van der Waals surface area contributed by atoms with Crippen LogP contribution in [0.4, 0.5) is 4.39 Å². The van der Waals surface area contributed by atoms with Gasteiger partial charge in [-0.05, 0) is 42.8 Å². The lowest BCUT2D eigenvalue weighted by Crippen LogP contribution is -2.52. The molecule has 9 heteroatoms. The van der Waals surface area contributed by atoms with E-state index in [1.54, 1.807) is 17.6 Å². The number of aliphatic hydroxyl groups is 3. The van der Waals surface area contributed by atoms with E-state index in [-0.39, 0.29) is 12.5 Å². The van der Waals surface area contributed by atoms with Gasteiger partial charge in [0.25, 0.3) is 5.91 Å². The maximum atomic E-state index is 14.6. The van der Waals surface area contributed by atoms with E-state index in [1.807, 2.05) is 19.1 Å². The summed E-state index contributed by atoms with van der Waals surface area (Å²) in [6.45, 7) is 3.71. The predicted octanol–water partition coefficient (Wildman–Crippen LogP) is 3.37. The lowest BCUT2D eigenvalue weighted by molar-refractivity contribution is -0.227. The molecule has 2 aromatic heterocycles. The fraction of sp³-hybridized carbons (Fsp3) is 0.321. The molecule has 1 amide bonds. The van der Waals surface area contributed by atoms with Gasteiger partial charge in [-0.2, -0.15) is 0 Å². The summed E-state index contributed by atoms with van der Waals surface area (Å²) in [7, 11) is 0. The van der Waals surface area contributed by atoms with Crippen LogP contribution in [0.2, 0.25) is 0 Å². The van der Waals surface area contributed by atoms with Gasteiger partial charge >= 0.3 is 0 Å². The van der Waals surface area contributed by atoms with Gasteiger partial charge in [0, 0.05) is 39.5 Å². The van der Waals surface area contributed by atoms with E-state index in [2.05, 4.69) is 16.4 Å². The topological polar surface area (TPSA) is 120 Å². The highest BCUT2D eigenvalue weighted by Gasteiger charge is 2.44. The van der Waals surface area contributed by atoms with Gasteiger partial charge in [0.2, 0.25) is 0 Å². The maximum absolute atomic E-state index is 14.6. The van der Waals surface area contributed by atoms with Gasteiger partial charge in [0.05, 0.1) is 40.9 Å². The van der Waals surface area contributed by atoms with E-state index in [0.29, 0.717) is 33.9 Å². The van der Waals surface area contributed by atoms with Crippen molar-refractivity contribution < 1.29 is 29.2 Å². The Labute approximate surface area is 210 Å². The zero-order valence-corrected chi connectivity index (χ0v) is 20.2. The van der Waals surface area contributed by atoms with Gasteiger partial charge in [-0.25, -0.2) is 4.39 Å². The molecule has 3 aromatic carbocycles. The molecule has 2 aliphatic heterocycles. The summed E-state index contributed by atoms with van der Waals surface area (Å²) in [6, 6.07) is 10.4. The van der Waals surface area contributed by atoms with E-state index in [9.17, 15) is 24.5 Å². The summed E-state index contributed by atoms with van der Waals surface area (Å²) >= 11 is 0. The molecular weight excluding hydrogens is 477 g/mol. The second-order valence-corrected chi connectivity index (χ2v) is 10.3. The average Bonchev–Trinajstić information content (AvgIpc) is 3.54. The molecule has 1 saturated heterocycles. The standard InChI is InChI=1S/C28H26FN3O5/c1-11-3-5-17-14(7-11)20-16-9-30-27(36)22(16)21-15-8-13(29)4-6-18(15)32(24(21)23(20)31-17)28-26(35)25(34)12(2)19(10-33)37-28/h3-8,12,19,25-26,28,31,33-35H,9-10H2,1-2H3,(H,30,36)/t12-,19-,25+,26-,28-/m1/s1. The van der Waals surface area contributed by atoms with Crippen LogP contribution in [0.3, 0.4) is 0 Å². The van der Waals surface area contributed by atoms with Crippen molar-refractivity contribution in [2.45, 2.75) is 44.9 Å². The minimum atomic E-state index is -1.33. The van der Waals surface area contributed by atoms with Crippen molar-refractivity contribution >= 4 is 49.5 Å². The Morgan fingerprint density at radius 3 is 2.70 bits per heavy atom. The van der Waals surface area contributed by atoms with Gasteiger partial charge in [-0.3, -0.25) is 4.79 Å². The van der Waals surface area contributed by atoms with Crippen LogP contribution >= 0.6 is 0 Å². The predicted molar refractivity (Wildman–Crippen MR) is 137 cm³/mol. The van der Waals surface area contributed by atoms with Crippen LogP contribution in [0.25, 0.3) is 43.6 Å². The van der Waals surface area contributed by atoms with Crippen LogP contribution in [-0.2, 0) is 11.3 Å². The van der Waals surface area contributed by atoms with Gasteiger partial charge in [-0.1, -0.05) is 18.6 Å². The zero-order valence-electron chi connectivity index (χ0n) is 20.2. The highest BCUT2D eigenvalue weighted by atomic mass is 19.1. The highest BCUT2D eigenvalue weighted by molar-refractivity contribution is 6.30. The highest BCUT2D eigenvalue weighted by Crippen LogP contribution is 2.46. The molecule has 37 heavy (non-hydrogen) atoms. The fourth-order valence-corrected chi connectivity index (χ4v) is 6.31. The molecule has 2 aliphatic rings. The van der Waals surface area contributed by atoms with Crippen molar-refractivity contribution in [3.63, 3.8) is 0 Å². The number of fused-ring (bicyclic) bond motifs is 10. The van der Waals surface area contributed by atoms with Crippen LogP contribution < -0.4 is 5.32 Å². The SMILES string of the molecule is Cc1ccc2[nH]c3c(c4c(c5c6cc(F)ccc6n([C@@H]6O[C@H](CO)[C@@H](C)[C@H](O)[C@H]6O)c35)C(=O)NC4)c2c1. The number of aromatic amines is 1. The second kappa shape index (κ2) is 7.75. The van der Waals surface area contributed by atoms with Crippen LogP contribution in [0.5, 0.6) is 0 Å². The molecular formula is C28H26FN3O5. The summed E-state index contributed by atoms with van der Waals surface area (Å²) in [4.78, 5) is 16.7. The first-order valence-corrected chi connectivity index (χ1v) is 12.4. The number of benzene rings is 3. The number of halogens is 1. The number of H-pyrrole nitrogens is 1. The Balaban J connectivity index is 1.70. The number of carbonyl (C=O) groups is 1. The van der Waals surface area contributed by atoms with Crippen molar-refractivity contribution in [3.8, 4) is 0 Å². The molecule has 1 fully saturated rings. The minimum Gasteiger partial charge on any atom is -0.394 e. The lowest BCUT2D eigenvalue weighted by Gasteiger charge is -2.42. The lowest BCUT2D eigenvalue weighted by atomic mass is 9.90. The number of hydrogen-bond donors (Lipinski definition) is 5. The van der Waals surface area contributed by atoms with Gasteiger partial charge in [-0.15, -0.1) is 0 Å². The number of carbonyl (C=O) groups excluding carboxylic acids is 1. The third kappa shape index (κ3) is 2.93. The number of nitrogens with one attached hydrogen (secondary N) is 2. The molecule has 4 heterocycles. The van der Waals surface area contributed by atoms with E-state index < -0.39 is 36.3 Å². The third-order valence-electron chi connectivity index (χ3n) is 8.18. The normalized spacial score (nSPS) is 26.0. The third-order valence-corrected chi connectivity index (χ3v) is 8.18. The molecule has 0 aliphatic carbocycles. The summed E-state index contributed by atoms with van der Waals surface area (Å²) in [6.07, 6.45) is -4.31. The first kappa shape index (κ1) is 22.7. The molecule has 0 radical (unpaired) electrons. The quantitative estimate of drug-likeness (QED) is 0.253. The van der Waals surface area contributed by atoms with E-state index in [0.717, 1.165) is 32.9 Å². The van der Waals surface area contributed by atoms with Crippen LogP contribution in [0.1, 0.15) is 34.6 Å². The summed E-state index contributed by atoms with van der Waals surface area (Å²) in [5.41, 5.74) is 5.09. The maximum Gasteiger partial charge on any atom is 0.252 e. The zero-order chi connectivity index (χ0) is 25.7. The number of aromatic nitrogens is 2. The van der Waals surface area contributed by atoms with Crippen LogP contribution in [0, 0.1) is 18.7 Å². The number of nitrogens with zero attached hydrogens (tertiary/aromatic N) is 1. The second-order valence-electron chi connectivity index (χ2n) is 10.3. The Morgan fingerprint density at radius 1 is 1.11 bits per heavy atom. The largest absolute Gasteiger partial charge is 0.394 e. The molecule has 8 nitrogen and oxygen atoms in total. The van der Waals surface area contributed by atoms with E-state index in [4.69, 9.17) is 4.74 Å². The number of aliphatic hydroxyl groups excluding tert-OH is 3. The molecule has 5 atom stereocenters. The number of hydrogen-bond acceptors (Lipinski definition) is 5. The smallest absolute Gasteiger partial charge is 0.252 e. The van der Waals surface area contributed by atoms with E-state index in [1.165, 1.54) is 12.1 Å². The summed E-state index contributed by atoms with van der Waals surface area (Å²) in [5, 5.41) is 37.9. The number of rotatable bonds is 2. The van der Waals surface area contributed by atoms with Crippen molar-refractivity contribution in [1.29, 1.82) is 0 Å². The van der Waals surface area contributed by atoms with E-state index >= 15 is 0 Å². The van der Waals surface area contributed by atoms with Crippen LogP contribution in [-0.4, -0.2) is 55.7 Å². The van der Waals surface area contributed by atoms with Gasteiger partial charge in [0.15, 0.2) is 6.23 Å². The minimum absolute atomic E-state index is 0.251. The first-order valence-electron chi connectivity index (χ1n) is 12.4. The molecule has 190 valence electrons. The molecule has 7 rings (SSSR count). The first-order chi connectivity index (χ1) is 17.8. The van der Waals surface area contributed by atoms with Crippen molar-refractivity contribution in [2.24, 2.45) is 5.92 Å². The summed E-state index contributed by atoms with van der Waals surface area (Å²) in [5.74, 6) is -1.22. The molecule has 0 unspecified atom stereocenters. The Bertz CT molecular complexity index is 1770. The van der Waals surface area contributed by atoms with Crippen molar-refractivity contribution in [3.05, 3.63) is 58.9 Å². The number of ether oxygens (including phenoxy) is 1. The fourth-order valence-electron chi connectivity index (χ4n) is 6.31. The average molecular weight is 504 g/mol. The Kier molecular flexibility index (Phi) is 4.75. The molecule has 5 aromatic rings. The molecule has 5 N–H and O–H groups in total. The summed E-state index contributed by atoms with van der Waals surface area (Å²) < 4.78 is 22.6. The van der Waals surface area contributed by atoms with Gasteiger partial charge < -0.3 is 34.9 Å². The van der Waals surface area contributed by atoms with Crippen molar-refractivity contribution in [1.82, 2.24) is 14.9 Å². The van der Waals surface area contributed by atoms with Gasteiger partial charge in [0.1, 0.15) is 11.9 Å². The molecule has 0 spiro atoms. The monoisotopic (exact) mass is 503 g/mol.